The molecule has 3 aromatic carbocycles. The van der Waals surface area contributed by atoms with Crippen molar-refractivity contribution in [2.24, 2.45) is 0 Å². The van der Waals surface area contributed by atoms with E-state index in [9.17, 15) is 4.79 Å². The molecule has 2 amide bonds. The van der Waals surface area contributed by atoms with Gasteiger partial charge >= 0.3 is 6.03 Å². The molecular weight excluding hydrogens is 441 g/mol. The second-order valence-corrected chi connectivity index (χ2v) is 9.16. The van der Waals surface area contributed by atoms with Gasteiger partial charge in [-0.15, -0.1) is 0 Å². The Labute approximate surface area is 197 Å². The Morgan fingerprint density at radius 1 is 0.906 bits per heavy atom. The molecule has 1 aliphatic carbocycles. The topological polar surface area (TPSA) is 27.9 Å². The Hall–Kier alpha value is -3.00. The summed E-state index contributed by atoms with van der Waals surface area (Å²) in [7, 11) is 0. The number of urea groups is 1. The lowest BCUT2D eigenvalue weighted by atomic mass is 9.72. The lowest BCUT2D eigenvalue weighted by Crippen LogP contribution is -2.51. The Kier molecular flexibility index (Phi) is 5.33. The average Bonchev–Trinajstić information content (AvgIpc) is 3.09. The third kappa shape index (κ3) is 3.24. The number of hydrogen-bond donors (Lipinski definition) is 0. The molecule has 0 radical (unpaired) electrons. The zero-order valence-corrected chi connectivity index (χ0v) is 18.9. The van der Waals surface area contributed by atoms with E-state index in [-0.39, 0.29) is 12.1 Å². The summed E-state index contributed by atoms with van der Waals surface area (Å²) in [5, 5.41) is 1.26. The number of carbonyl (C=O) groups excluding carboxylic acids is 1. The molecule has 6 heteroatoms. The van der Waals surface area contributed by atoms with E-state index in [4.69, 9.17) is 29.8 Å². The monoisotopic (exact) mass is 461 g/mol. The zero-order valence-electron chi connectivity index (χ0n) is 17.3. The highest BCUT2D eigenvalue weighted by Crippen LogP contribution is 2.53. The predicted molar refractivity (Wildman–Crippen MR) is 130 cm³/mol. The van der Waals surface area contributed by atoms with Crippen LogP contribution < -0.4 is 9.80 Å². The maximum Gasteiger partial charge on any atom is 0.330 e. The minimum absolute atomic E-state index is 0.0680. The number of hydrogen-bond acceptors (Lipinski definition) is 1. The first-order chi connectivity index (χ1) is 15.5. The summed E-state index contributed by atoms with van der Waals surface area (Å²) >= 11 is 12.3. The Morgan fingerprint density at radius 2 is 1.56 bits per heavy atom. The van der Waals surface area contributed by atoms with Crippen LogP contribution in [0.1, 0.15) is 31.2 Å². The van der Waals surface area contributed by atoms with Crippen molar-refractivity contribution >= 4 is 46.3 Å². The van der Waals surface area contributed by atoms with Gasteiger partial charge in [0.2, 0.25) is 0 Å². The molecule has 0 N–H and O–H groups in total. The van der Waals surface area contributed by atoms with Crippen LogP contribution in [-0.4, -0.2) is 12.1 Å². The minimum Gasteiger partial charge on any atom is -0.288 e. The minimum atomic E-state index is -0.580. The van der Waals surface area contributed by atoms with E-state index in [2.05, 4.69) is 10.9 Å². The Balaban J connectivity index is 1.75. The first kappa shape index (κ1) is 20.9. The fourth-order valence-corrected chi connectivity index (χ4v) is 5.54. The molecule has 0 aromatic heterocycles. The van der Waals surface area contributed by atoms with Crippen LogP contribution in [0.4, 0.5) is 21.9 Å². The normalized spacial score (nSPS) is 22.5. The van der Waals surface area contributed by atoms with E-state index < -0.39 is 5.54 Å². The summed E-state index contributed by atoms with van der Waals surface area (Å²) in [5.41, 5.74) is 2.62. The number of carbonyl (C=O) groups is 1. The van der Waals surface area contributed by atoms with Crippen molar-refractivity contribution in [1.29, 1.82) is 0 Å². The molecular formula is C26H21Cl2N3O. The van der Waals surface area contributed by atoms with Crippen molar-refractivity contribution < 1.29 is 4.79 Å². The molecule has 4 nitrogen and oxygen atoms in total. The van der Waals surface area contributed by atoms with Gasteiger partial charge in [-0.25, -0.2) is 9.64 Å². The Bertz CT molecular complexity index is 1200. The molecule has 32 heavy (non-hydrogen) atoms. The third-order valence-electron chi connectivity index (χ3n) is 6.61. The Morgan fingerprint density at radius 3 is 2.22 bits per heavy atom. The van der Waals surface area contributed by atoms with Crippen molar-refractivity contribution in [3.63, 3.8) is 0 Å². The van der Waals surface area contributed by atoms with Crippen molar-refractivity contribution in [2.45, 2.75) is 37.3 Å². The van der Waals surface area contributed by atoms with Crippen LogP contribution >= 0.6 is 23.2 Å². The number of amides is 2. The average molecular weight is 462 g/mol. The first-order valence-electron chi connectivity index (χ1n) is 10.7. The van der Waals surface area contributed by atoms with Gasteiger partial charge < -0.3 is 0 Å². The highest BCUT2D eigenvalue weighted by atomic mass is 35.5. The van der Waals surface area contributed by atoms with Crippen LogP contribution in [0.5, 0.6) is 0 Å². The number of halogens is 2. The molecule has 0 unspecified atom stereocenters. The van der Waals surface area contributed by atoms with Crippen LogP contribution in [0, 0.1) is 6.57 Å². The largest absolute Gasteiger partial charge is 0.330 e. The molecule has 1 heterocycles. The summed E-state index contributed by atoms with van der Waals surface area (Å²) in [5.74, 6) is 0. The molecule has 160 valence electrons. The second kappa shape index (κ2) is 8.16. The summed E-state index contributed by atoms with van der Waals surface area (Å²) < 4.78 is 0. The number of benzene rings is 3. The van der Waals surface area contributed by atoms with Crippen molar-refractivity contribution in [3.8, 4) is 0 Å². The number of anilines is 2. The van der Waals surface area contributed by atoms with Gasteiger partial charge in [-0.3, -0.25) is 9.80 Å². The molecule has 2 atom stereocenters. The van der Waals surface area contributed by atoms with Crippen LogP contribution in [0.2, 0.25) is 10.0 Å². The molecule has 0 bridgehead atoms. The fourth-order valence-electron chi connectivity index (χ4n) is 5.29. The second-order valence-electron chi connectivity index (χ2n) is 8.29. The number of nitrogens with zero attached hydrogens (tertiary/aromatic N) is 3. The molecule has 3 aromatic rings. The van der Waals surface area contributed by atoms with E-state index in [1.807, 2.05) is 76.5 Å². The van der Waals surface area contributed by atoms with Gasteiger partial charge in [0.15, 0.2) is 5.69 Å². The lowest BCUT2D eigenvalue weighted by molar-refractivity contribution is 0.252. The third-order valence-corrected chi connectivity index (χ3v) is 7.11. The highest BCUT2D eigenvalue weighted by molar-refractivity contribution is 6.31. The fraction of sp³-hybridized carbons (Fsp3) is 0.231. The zero-order chi connectivity index (χ0) is 22.3. The van der Waals surface area contributed by atoms with Gasteiger partial charge in [0.25, 0.3) is 0 Å². The molecule has 1 saturated carbocycles. The maximum absolute atomic E-state index is 14.1. The van der Waals surface area contributed by atoms with Crippen LogP contribution in [0.15, 0.2) is 72.8 Å². The summed E-state index contributed by atoms with van der Waals surface area (Å²) in [6.45, 7) is 7.52. The smallest absolute Gasteiger partial charge is 0.288 e. The van der Waals surface area contributed by atoms with E-state index in [0.717, 1.165) is 42.6 Å². The van der Waals surface area contributed by atoms with Gasteiger partial charge in [0.05, 0.1) is 18.2 Å². The van der Waals surface area contributed by atoms with Crippen molar-refractivity contribution in [2.75, 3.05) is 9.80 Å². The van der Waals surface area contributed by atoms with Crippen molar-refractivity contribution in [1.82, 2.24) is 0 Å². The molecule has 1 aliphatic heterocycles. The molecule has 2 aliphatic rings. The van der Waals surface area contributed by atoms with Crippen LogP contribution in [0.3, 0.4) is 0 Å². The molecule has 0 spiro atoms. The van der Waals surface area contributed by atoms with E-state index in [1.54, 1.807) is 0 Å². The first-order valence-corrected chi connectivity index (χ1v) is 11.4. The molecule has 1 saturated heterocycles. The van der Waals surface area contributed by atoms with Gasteiger partial charge in [-0.2, -0.15) is 0 Å². The summed E-state index contributed by atoms with van der Waals surface area (Å²) in [6.07, 6.45) is 3.74. The highest BCUT2D eigenvalue weighted by Gasteiger charge is 2.59. The molecule has 5 rings (SSSR count). The van der Waals surface area contributed by atoms with Gasteiger partial charge in [-0.05, 0) is 66.9 Å². The van der Waals surface area contributed by atoms with Gasteiger partial charge in [0, 0.05) is 21.4 Å². The predicted octanol–water partition coefficient (Wildman–Crippen LogP) is 7.83. The SMILES string of the molecule is [C-]#[N+]c1cccc([C@]23CCCC[C@H]2N(c2ccc(Cl)cc2)C(=O)N3c2ccc(Cl)cc2)c1. The summed E-state index contributed by atoms with van der Waals surface area (Å²) in [4.78, 5) is 21.6. The standard InChI is InChI=1S/C26H21Cl2N3O/c1-29-21-6-4-5-18(17-21)26-16-3-2-7-24(26)30(22-12-8-19(27)9-13-22)25(32)31(26)23-14-10-20(28)11-15-23/h4-6,8-15,17,24H,2-3,7,16H2/t24-,26-/m1/s1. The van der Waals surface area contributed by atoms with Gasteiger partial charge in [-0.1, -0.05) is 60.3 Å². The van der Waals surface area contributed by atoms with Crippen LogP contribution in [0.25, 0.3) is 4.85 Å². The van der Waals surface area contributed by atoms with Gasteiger partial charge in [0.1, 0.15) is 0 Å². The maximum atomic E-state index is 14.1. The lowest BCUT2D eigenvalue weighted by Gasteiger charge is -2.45. The van der Waals surface area contributed by atoms with E-state index in [0.29, 0.717) is 15.7 Å². The van der Waals surface area contributed by atoms with E-state index >= 15 is 0 Å². The number of rotatable bonds is 3. The number of fused-ring (bicyclic) bond motifs is 1. The summed E-state index contributed by atoms with van der Waals surface area (Å²) in [6, 6.07) is 22.4. The van der Waals surface area contributed by atoms with Crippen molar-refractivity contribution in [3.05, 3.63) is 99.8 Å². The van der Waals surface area contributed by atoms with E-state index in [1.165, 1.54) is 0 Å². The molecule has 2 fully saturated rings. The quantitative estimate of drug-likeness (QED) is 0.365. The van der Waals surface area contributed by atoms with Crippen LogP contribution in [-0.2, 0) is 5.54 Å².